The maximum absolute atomic E-state index is 13.4. The van der Waals surface area contributed by atoms with Gasteiger partial charge in [-0.05, 0) is 37.2 Å². The highest BCUT2D eigenvalue weighted by molar-refractivity contribution is 5.29. The van der Waals surface area contributed by atoms with Crippen molar-refractivity contribution in [2.24, 2.45) is 0 Å². The van der Waals surface area contributed by atoms with Gasteiger partial charge in [-0.1, -0.05) is 19.9 Å². The van der Waals surface area contributed by atoms with Gasteiger partial charge in [-0.15, -0.1) is 0 Å². The molecule has 0 heterocycles. The summed E-state index contributed by atoms with van der Waals surface area (Å²) in [6.45, 7) is 6.87. The second-order valence-electron chi connectivity index (χ2n) is 4.61. The highest BCUT2D eigenvalue weighted by atomic mass is 19.1. The summed E-state index contributed by atoms with van der Waals surface area (Å²) in [5.41, 5.74) is 0.935. The van der Waals surface area contributed by atoms with Crippen molar-refractivity contribution >= 4 is 0 Å². The van der Waals surface area contributed by atoms with E-state index in [0.29, 0.717) is 18.3 Å². The van der Waals surface area contributed by atoms with Crippen LogP contribution in [0.15, 0.2) is 18.2 Å². The Morgan fingerprint density at radius 2 is 2.06 bits per heavy atom. The summed E-state index contributed by atoms with van der Waals surface area (Å²) >= 11 is 0. The molecule has 0 amide bonds. The summed E-state index contributed by atoms with van der Waals surface area (Å²) in [5.74, 6) is -0.0156. The molecule has 0 fully saturated rings. The zero-order chi connectivity index (χ0) is 13.4. The molecule has 0 aliphatic heterocycles. The van der Waals surface area contributed by atoms with Crippen LogP contribution in [0.1, 0.15) is 25.8 Å². The molecular weight excluding hydrogens is 231 g/mol. The van der Waals surface area contributed by atoms with Gasteiger partial charge in [0.25, 0.3) is 0 Å². The first-order valence-electron chi connectivity index (χ1n) is 6.40. The fraction of sp³-hybridized carbons (Fsp3) is 0.571. The Balaban J connectivity index is 2.21. The van der Waals surface area contributed by atoms with Gasteiger partial charge in [0.2, 0.25) is 0 Å². The zero-order valence-corrected chi connectivity index (χ0v) is 11.4. The number of hydrogen-bond donors (Lipinski definition) is 2. The molecule has 18 heavy (non-hydrogen) atoms. The monoisotopic (exact) mass is 254 g/mol. The van der Waals surface area contributed by atoms with Gasteiger partial charge in [-0.2, -0.15) is 0 Å². The van der Waals surface area contributed by atoms with Crippen LogP contribution in [0, 0.1) is 5.82 Å². The maximum atomic E-state index is 13.4. The molecule has 0 saturated carbocycles. The van der Waals surface area contributed by atoms with Crippen LogP contribution >= 0.6 is 0 Å². The van der Waals surface area contributed by atoms with Crippen LogP contribution in [0.4, 0.5) is 4.39 Å². The molecule has 3 nitrogen and oxygen atoms in total. The SMILES string of the molecule is COc1ccc(CNCCCNC(C)C)cc1F. The minimum atomic E-state index is -0.307. The topological polar surface area (TPSA) is 33.3 Å². The van der Waals surface area contributed by atoms with Crippen LogP contribution in [0.3, 0.4) is 0 Å². The Hall–Kier alpha value is -1.13. The number of halogens is 1. The fourth-order valence-electron chi connectivity index (χ4n) is 1.66. The van der Waals surface area contributed by atoms with E-state index in [9.17, 15) is 4.39 Å². The molecule has 1 rings (SSSR count). The molecule has 0 spiro atoms. The Morgan fingerprint density at radius 3 is 2.67 bits per heavy atom. The molecule has 0 atom stereocenters. The highest BCUT2D eigenvalue weighted by Gasteiger charge is 2.02. The number of benzene rings is 1. The Morgan fingerprint density at radius 1 is 1.28 bits per heavy atom. The number of methoxy groups -OCH3 is 1. The Kier molecular flexibility index (Phi) is 6.68. The van der Waals surface area contributed by atoms with Gasteiger partial charge in [0.1, 0.15) is 0 Å². The lowest BCUT2D eigenvalue weighted by Gasteiger charge is -2.09. The molecule has 1 aromatic carbocycles. The largest absolute Gasteiger partial charge is 0.494 e. The smallest absolute Gasteiger partial charge is 0.165 e. The minimum absolute atomic E-state index is 0.292. The quantitative estimate of drug-likeness (QED) is 0.698. The molecule has 0 unspecified atom stereocenters. The van der Waals surface area contributed by atoms with Crippen molar-refractivity contribution in [2.45, 2.75) is 32.9 Å². The van der Waals surface area contributed by atoms with E-state index < -0.39 is 0 Å². The van der Waals surface area contributed by atoms with Crippen LogP contribution in [0.5, 0.6) is 5.75 Å². The molecule has 102 valence electrons. The zero-order valence-electron chi connectivity index (χ0n) is 11.4. The van der Waals surface area contributed by atoms with E-state index >= 15 is 0 Å². The van der Waals surface area contributed by atoms with E-state index in [-0.39, 0.29) is 5.82 Å². The van der Waals surface area contributed by atoms with Crippen molar-refractivity contribution in [3.8, 4) is 5.75 Å². The van der Waals surface area contributed by atoms with Gasteiger partial charge in [0.15, 0.2) is 11.6 Å². The lowest BCUT2D eigenvalue weighted by molar-refractivity contribution is 0.386. The van der Waals surface area contributed by atoms with Crippen LogP contribution < -0.4 is 15.4 Å². The van der Waals surface area contributed by atoms with Gasteiger partial charge in [-0.3, -0.25) is 0 Å². The third-order valence-electron chi connectivity index (χ3n) is 2.63. The molecule has 0 aliphatic carbocycles. The predicted molar refractivity (Wildman–Crippen MR) is 72.4 cm³/mol. The van der Waals surface area contributed by atoms with E-state index in [1.807, 2.05) is 6.07 Å². The van der Waals surface area contributed by atoms with E-state index in [2.05, 4.69) is 24.5 Å². The first kappa shape index (κ1) is 14.9. The first-order valence-corrected chi connectivity index (χ1v) is 6.40. The average molecular weight is 254 g/mol. The molecule has 1 aromatic rings. The van der Waals surface area contributed by atoms with Crippen LogP contribution in [-0.2, 0) is 6.54 Å². The minimum Gasteiger partial charge on any atom is -0.494 e. The Labute approximate surface area is 109 Å². The highest BCUT2D eigenvalue weighted by Crippen LogP contribution is 2.17. The van der Waals surface area contributed by atoms with Crippen molar-refractivity contribution in [2.75, 3.05) is 20.2 Å². The van der Waals surface area contributed by atoms with E-state index in [0.717, 1.165) is 25.1 Å². The second kappa shape index (κ2) is 8.06. The van der Waals surface area contributed by atoms with E-state index in [1.165, 1.54) is 13.2 Å². The lowest BCUT2D eigenvalue weighted by atomic mass is 10.2. The normalized spacial score (nSPS) is 10.9. The fourth-order valence-corrected chi connectivity index (χ4v) is 1.66. The predicted octanol–water partition coefficient (Wildman–Crippen LogP) is 2.31. The number of hydrogen-bond acceptors (Lipinski definition) is 3. The maximum Gasteiger partial charge on any atom is 0.165 e. The second-order valence-corrected chi connectivity index (χ2v) is 4.61. The number of rotatable bonds is 8. The lowest BCUT2D eigenvalue weighted by Crippen LogP contribution is -2.26. The van der Waals surface area contributed by atoms with Crippen LogP contribution in [-0.4, -0.2) is 26.2 Å². The van der Waals surface area contributed by atoms with Crippen LogP contribution in [0.25, 0.3) is 0 Å². The summed E-state index contributed by atoms with van der Waals surface area (Å²) in [6.07, 6.45) is 1.07. The number of nitrogens with one attached hydrogen (secondary N) is 2. The van der Waals surface area contributed by atoms with Crippen molar-refractivity contribution in [1.29, 1.82) is 0 Å². The van der Waals surface area contributed by atoms with Crippen molar-refractivity contribution in [3.05, 3.63) is 29.6 Å². The van der Waals surface area contributed by atoms with Gasteiger partial charge < -0.3 is 15.4 Å². The third kappa shape index (κ3) is 5.47. The summed E-state index contributed by atoms with van der Waals surface area (Å²) in [6, 6.07) is 5.58. The molecule has 0 radical (unpaired) electrons. The molecule has 0 aliphatic rings. The molecule has 0 saturated heterocycles. The summed E-state index contributed by atoms with van der Waals surface area (Å²) in [4.78, 5) is 0. The van der Waals surface area contributed by atoms with Crippen molar-refractivity contribution in [3.63, 3.8) is 0 Å². The third-order valence-corrected chi connectivity index (χ3v) is 2.63. The number of ether oxygens (including phenoxy) is 1. The first-order chi connectivity index (χ1) is 8.63. The molecule has 0 aromatic heterocycles. The molecular formula is C14H23FN2O. The average Bonchev–Trinajstić information content (AvgIpc) is 2.33. The molecule has 2 N–H and O–H groups in total. The van der Waals surface area contributed by atoms with Crippen molar-refractivity contribution < 1.29 is 9.13 Å². The van der Waals surface area contributed by atoms with Crippen LogP contribution in [0.2, 0.25) is 0 Å². The van der Waals surface area contributed by atoms with Crippen molar-refractivity contribution in [1.82, 2.24) is 10.6 Å². The Bertz CT molecular complexity index is 356. The summed E-state index contributed by atoms with van der Waals surface area (Å²) < 4.78 is 18.3. The van der Waals surface area contributed by atoms with Gasteiger partial charge in [-0.25, -0.2) is 4.39 Å². The molecule has 0 bridgehead atoms. The summed E-state index contributed by atoms with van der Waals surface area (Å²) in [5, 5.41) is 6.64. The van der Waals surface area contributed by atoms with Gasteiger partial charge in [0, 0.05) is 12.6 Å². The standard InChI is InChI=1S/C14H23FN2O/c1-11(2)17-8-4-7-16-10-12-5-6-14(18-3)13(15)9-12/h5-6,9,11,16-17H,4,7-8,10H2,1-3H3. The van der Waals surface area contributed by atoms with E-state index in [1.54, 1.807) is 6.07 Å². The molecule has 4 heteroatoms. The van der Waals surface area contributed by atoms with E-state index in [4.69, 9.17) is 4.74 Å². The summed E-state index contributed by atoms with van der Waals surface area (Å²) in [7, 11) is 1.47. The van der Waals surface area contributed by atoms with Gasteiger partial charge >= 0.3 is 0 Å². The van der Waals surface area contributed by atoms with Gasteiger partial charge in [0.05, 0.1) is 7.11 Å².